The number of halogens is 2. The van der Waals surface area contributed by atoms with Gasteiger partial charge in [-0.25, -0.2) is 28.3 Å². The number of aliphatic imine (C=N–C) groups is 1. The average molecular weight is 454 g/mol. The number of hydrogen-bond donors (Lipinski definition) is 1. The van der Waals surface area contributed by atoms with Crippen LogP contribution in [0.25, 0.3) is 16.6 Å². The van der Waals surface area contributed by atoms with E-state index in [9.17, 15) is 8.78 Å². The molecule has 2 fully saturated rings. The Kier molecular flexibility index (Phi) is 4.40. The first-order chi connectivity index (χ1) is 15.7. The molecule has 3 aliphatic rings. The maximum Gasteiger partial charge on any atom is 0.241 e. The molecule has 0 aromatic carbocycles. The zero-order valence-corrected chi connectivity index (χ0v) is 19.0. The van der Waals surface area contributed by atoms with E-state index in [0.717, 1.165) is 35.0 Å². The van der Waals surface area contributed by atoms with Crippen molar-refractivity contribution in [3.8, 4) is 11.1 Å². The van der Waals surface area contributed by atoms with Crippen molar-refractivity contribution in [2.75, 3.05) is 25.5 Å². The molecule has 1 saturated carbocycles. The highest BCUT2D eigenvalue weighted by Crippen LogP contribution is 2.48. The molecule has 9 heteroatoms. The Hall–Kier alpha value is -2.94. The lowest BCUT2D eigenvalue weighted by atomic mass is 9.61. The molecule has 1 N–H and O–H groups in total. The summed E-state index contributed by atoms with van der Waals surface area (Å²) in [7, 11) is 2.16. The van der Waals surface area contributed by atoms with Crippen molar-refractivity contribution in [2.45, 2.75) is 51.0 Å². The number of nitrogens with one attached hydrogen (secondary N) is 1. The molecule has 3 aromatic heterocycles. The summed E-state index contributed by atoms with van der Waals surface area (Å²) >= 11 is 0. The van der Waals surface area contributed by atoms with Crippen LogP contribution in [0.1, 0.15) is 40.1 Å². The molecule has 0 amide bonds. The first-order valence-corrected chi connectivity index (χ1v) is 11.4. The molecule has 1 aliphatic carbocycles. The molecule has 33 heavy (non-hydrogen) atoms. The minimum Gasteiger partial charge on any atom is -0.350 e. The molecule has 1 spiro atoms. The summed E-state index contributed by atoms with van der Waals surface area (Å²) in [4.78, 5) is 15.8. The molecular formula is C24H29F2N7. The largest absolute Gasteiger partial charge is 0.350 e. The van der Waals surface area contributed by atoms with Crippen LogP contribution >= 0.6 is 0 Å². The lowest BCUT2D eigenvalue weighted by Crippen LogP contribution is -2.63. The van der Waals surface area contributed by atoms with Crippen molar-refractivity contribution < 1.29 is 10.2 Å². The molecule has 3 aromatic rings. The summed E-state index contributed by atoms with van der Waals surface area (Å²) in [6.45, 7) is 5.98. The highest BCUT2D eigenvalue weighted by Gasteiger charge is 2.51. The van der Waals surface area contributed by atoms with Crippen molar-refractivity contribution in [3.63, 3.8) is 0 Å². The van der Waals surface area contributed by atoms with Crippen molar-refractivity contribution in [3.05, 3.63) is 36.3 Å². The zero-order chi connectivity index (χ0) is 23.0. The molecule has 0 bridgehead atoms. The second-order valence-corrected chi connectivity index (χ2v) is 10.3. The maximum absolute atomic E-state index is 13.3. The number of pyridine rings is 1. The van der Waals surface area contributed by atoms with E-state index >= 15 is 0 Å². The third-order valence-electron chi connectivity index (χ3n) is 7.73. The monoisotopic (exact) mass is 453 g/mol. The molecule has 1 saturated heterocycles. The van der Waals surface area contributed by atoms with Gasteiger partial charge in [0.1, 0.15) is 0 Å². The summed E-state index contributed by atoms with van der Waals surface area (Å²) in [6.07, 6.45) is 5.09. The van der Waals surface area contributed by atoms with Crippen molar-refractivity contribution in [2.24, 2.45) is 10.4 Å². The second kappa shape index (κ2) is 7.03. The van der Waals surface area contributed by atoms with Crippen molar-refractivity contribution >= 4 is 23.0 Å². The summed E-state index contributed by atoms with van der Waals surface area (Å²) in [5, 5.41) is 8.11. The van der Waals surface area contributed by atoms with Crippen LogP contribution in [0, 0.1) is 5.41 Å². The van der Waals surface area contributed by atoms with E-state index in [0.29, 0.717) is 28.9 Å². The van der Waals surface area contributed by atoms with Gasteiger partial charge in [-0.2, -0.15) is 0 Å². The van der Waals surface area contributed by atoms with Gasteiger partial charge in [-0.3, -0.25) is 0 Å². The summed E-state index contributed by atoms with van der Waals surface area (Å²) in [6, 6.07) is 4.32. The Labute approximate surface area is 192 Å². The Morgan fingerprint density at radius 1 is 1.24 bits per heavy atom. The Morgan fingerprint density at radius 2 is 2.03 bits per heavy atom. The fourth-order valence-corrected chi connectivity index (χ4v) is 5.98. The van der Waals surface area contributed by atoms with Crippen LogP contribution in [-0.4, -0.2) is 62.8 Å². The second-order valence-electron chi connectivity index (χ2n) is 10.3. The average Bonchev–Trinajstić information content (AvgIpc) is 3.23. The fourth-order valence-electron chi connectivity index (χ4n) is 5.98. The van der Waals surface area contributed by atoms with Gasteiger partial charge in [0.05, 0.1) is 11.7 Å². The van der Waals surface area contributed by atoms with E-state index in [1.807, 2.05) is 36.0 Å². The number of anilines is 1. The molecular weight excluding hydrogens is 424 g/mol. The quantitative estimate of drug-likeness (QED) is 0.613. The van der Waals surface area contributed by atoms with Gasteiger partial charge in [0.15, 0.2) is 5.82 Å². The first-order valence-electron chi connectivity index (χ1n) is 11.4. The number of alkyl halides is 2. The van der Waals surface area contributed by atoms with E-state index in [4.69, 9.17) is 0 Å². The fraction of sp³-hybridized carbons (Fsp3) is 0.500. The van der Waals surface area contributed by atoms with E-state index in [-0.39, 0.29) is 7.85 Å². The van der Waals surface area contributed by atoms with Crippen LogP contribution < -0.4 is 5.32 Å². The van der Waals surface area contributed by atoms with Crippen LogP contribution in [0.3, 0.4) is 0 Å². The number of aromatic nitrogens is 4. The Morgan fingerprint density at radius 3 is 2.76 bits per heavy atom. The normalized spacial score (nSPS) is 24.1. The van der Waals surface area contributed by atoms with Gasteiger partial charge in [0.25, 0.3) is 0 Å². The number of fused-ring (bicyclic) bond motifs is 2. The Bertz CT molecular complexity index is 1280. The van der Waals surface area contributed by atoms with Gasteiger partial charge in [-0.05, 0) is 51.3 Å². The van der Waals surface area contributed by atoms with Gasteiger partial charge in [0.2, 0.25) is 12.4 Å². The van der Waals surface area contributed by atoms with Gasteiger partial charge < -0.3 is 10.2 Å². The molecule has 2 aliphatic heterocycles. The number of hydrogen-bond acceptors (Lipinski definition) is 6. The summed E-state index contributed by atoms with van der Waals surface area (Å²) in [5.74, 6) is 1.15. The van der Waals surface area contributed by atoms with Crippen LogP contribution in [0.5, 0.6) is 0 Å². The lowest BCUT2D eigenvalue weighted by molar-refractivity contribution is -0.0514. The van der Waals surface area contributed by atoms with Crippen molar-refractivity contribution in [1.82, 2.24) is 24.5 Å². The number of rotatable bonds is 5. The van der Waals surface area contributed by atoms with Crippen molar-refractivity contribution in [1.29, 1.82) is 0 Å². The summed E-state index contributed by atoms with van der Waals surface area (Å²) < 4.78 is 28.4. The molecule has 0 radical (unpaired) electrons. The molecule has 6 rings (SSSR count). The predicted molar refractivity (Wildman–Crippen MR) is 126 cm³/mol. The third kappa shape index (κ3) is 3.24. The highest BCUT2D eigenvalue weighted by molar-refractivity contribution is 5.99. The van der Waals surface area contributed by atoms with E-state index in [1.165, 1.54) is 13.1 Å². The van der Waals surface area contributed by atoms with Crippen LogP contribution in [0.2, 0.25) is 0 Å². The highest BCUT2D eigenvalue weighted by atomic mass is 19.3. The molecule has 1 atom stereocenters. The smallest absolute Gasteiger partial charge is 0.241 e. The maximum atomic E-state index is 13.3. The van der Waals surface area contributed by atoms with E-state index < -0.39 is 11.8 Å². The van der Waals surface area contributed by atoms with Crippen LogP contribution in [0.4, 0.5) is 20.5 Å². The predicted octanol–water partition coefficient (Wildman–Crippen LogP) is 4.56. The van der Waals surface area contributed by atoms with Gasteiger partial charge in [-0.1, -0.05) is 0 Å². The van der Waals surface area contributed by atoms with Gasteiger partial charge in [0, 0.05) is 67.2 Å². The van der Waals surface area contributed by atoms with E-state index in [1.54, 1.807) is 13.1 Å². The minimum atomic E-state index is -2.42. The summed E-state index contributed by atoms with van der Waals surface area (Å²) in [5.41, 5.74) is 3.72. The minimum absolute atomic E-state index is 0. The van der Waals surface area contributed by atoms with Crippen LogP contribution in [0.15, 0.2) is 35.7 Å². The SMILES string of the molecule is CC1=Nc2ncc(-c3ccn4nc(NC5CC6(C5)CN(C)C6)ncc34)cc2C1(C)CC(F)F.[HH]. The van der Waals surface area contributed by atoms with E-state index in [2.05, 4.69) is 37.3 Å². The molecule has 5 heterocycles. The molecule has 174 valence electrons. The third-order valence-corrected chi connectivity index (χ3v) is 7.73. The topological polar surface area (TPSA) is 70.7 Å². The lowest BCUT2D eigenvalue weighted by Gasteiger charge is -2.58. The van der Waals surface area contributed by atoms with Gasteiger partial charge in [-0.15, -0.1) is 5.10 Å². The zero-order valence-electron chi connectivity index (χ0n) is 19.0. The number of nitrogens with zero attached hydrogens (tertiary/aromatic N) is 6. The standard InChI is InChI=1S/C24H27F2N7.H2/c1-14-23(2,9-20(25)26)18-6-15(10-27-21(18)29-14)17-4-5-33-19(17)11-28-22(31-33)30-16-7-24(8-16)12-32(3)13-24;/h4-6,10-11,16,20H,7-9,12-13H2,1-3H3,(H,30,31);1H. The Balaban J connectivity index is 0.00000241. The van der Waals surface area contributed by atoms with Gasteiger partial charge >= 0.3 is 0 Å². The first kappa shape index (κ1) is 20.7. The molecule has 1 unspecified atom stereocenters. The number of likely N-dealkylation sites (tertiary alicyclic amines) is 1. The molecule has 7 nitrogen and oxygen atoms in total. The van der Waals surface area contributed by atoms with Crippen LogP contribution in [-0.2, 0) is 5.41 Å².